The molecule has 0 aliphatic heterocycles. The number of nitrogens with zero attached hydrogens (tertiary/aromatic N) is 4. The topological polar surface area (TPSA) is 90.1 Å². The van der Waals surface area contributed by atoms with Crippen LogP contribution in [0, 0.1) is 47.3 Å². The molecule has 7 heteroatoms. The fraction of sp³-hybridized carbons (Fsp3) is 0.926. The molecule has 1 N–H and O–H groups in total. The molecule has 4 aliphatic carbocycles. The van der Waals surface area contributed by atoms with Gasteiger partial charge >= 0.3 is 0 Å². The number of aryl methyl sites for hydroxylation is 1. The number of fused-ring (bicyclic) bond motifs is 5. The molecule has 1 aromatic heterocycles. The van der Waals surface area contributed by atoms with Crippen LogP contribution in [0.2, 0.25) is 0 Å². The molecule has 4 fully saturated rings. The number of tetrazole rings is 1. The van der Waals surface area contributed by atoms with Gasteiger partial charge in [-0.2, -0.15) is 4.80 Å². The van der Waals surface area contributed by atoms with Crippen LogP contribution in [0.3, 0.4) is 0 Å². The third kappa shape index (κ3) is 3.85. The lowest BCUT2D eigenvalue weighted by atomic mass is 9.42. The van der Waals surface area contributed by atoms with Crippen LogP contribution in [0.5, 0.6) is 0 Å². The molecule has 0 amide bonds. The van der Waals surface area contributed by atoms with Gasteiger partial charge in [0.25, 0.3) is 0 Å². The van der Waals surface area contributed by atoms with Gasteiger partial charge < -0.3 is 9.84 Å². The van der Waals surface area contributed by atoms with Gasteiger partial charge in [-0.15, -0.1) is 10.2 Å². The zero-order valence-electron chi connectivity index (χ0n) is 21.6. The first kappa shape index (κ1) is 24.4. The first-order valence-corrected chi connectivity index (χ1v) is 13.8. The third-order valence-corrected chi connectivity index (χ3v) is 11.0. The van der Waals surface area contributed by atoms with Crippen molar-refractivity contribution in [3.05, 3.63) is 5.82 Å². The van der Waals surface area contributed by atoms with E-state index in [1.54, 1.807) is 0 Å². The highest BCUT2D eigenvalue weighted by atomic mass is 16.5. The summed E-state index contributed by atoms with van der Waals surface area (Å²) in [7, 11) is 0. The summed E-state index contributed by atoms with van der Waals surface area (Å²) in [6, 6.07) is 0. The number of ketones is 1. The summed E-state index contributed by atoms with van der Waals surface area (Å²) >= 11 is 0. The number of carbonyl (C=O) groups is 1. The van der Waals surface area contributed by atoms with Crippen LogP contribution >= 0.6 is 0 Å². The minimum absolute atomic E-state index is 0.0972. The van der Waals surface area contributed by atoms with Crippen molar-refractivity contribution >= 4 is 5.78 Å². The molecular formula is C27H44N4O3. The molecule has 7 nitrogen and oxygen atoms in total. The first-order valence-electron chi connectivity index (χ1n) is 13.8. The van der Waals surface area contributed by atoms with Crippen molar-refractivity contribution in [2.45, 2.75) is 104 Å². The molecule has 0 spiro atoms. The van der Waals surface area contributed by atoms with Crippen molar-refractivity contribution in [1.29, 1.82) is 0 Å². The summed E-state index contributed by atoms with van der Waals surface area (Å²) in [6.45, 7) is 10.0. The summed E-state index contributed by atoms with van der Waals surface area (Å²) in [4.78, 5) is 14.9. The number of carbonyl (C=O) groups excluding carboxylic acids is 1. The van der Waals surface area contributed by atoms with E-state index in [4.69, 9.17) is 4.74 Å². The molecule has 0 saturated heterocycles. The first-order chi connectivity index (χ1) is 16.2. The Morgan fingerprint density at radius 2 is 1.94 bits per heavy atom. The second-order valence-corrected chi connectivity index (χ2v) is 12.3. The van der Waals surface area contributed by atoms with Crippen molar-refractivity contribution in [3.63, 3.8) is 0 Å². The molecule has 4 aliphatic rings. The summed E-state index contributed by atoms with van der Waals surface area (Å²) in [6.07, 6.45) is 11.2. The Morgan fingerprint density at radius 1 is 1.12 bits per heavy atom. The Morgan fingerprint density at radius 3 is 2.65 bits per heavy atom. The number of aliphatic hydroxyl groups is 1. The number of rotatable bonds is 7. The lowest BCUT2D eigenvalue weighted by Gasteiger charge is -2.63. The maximum absolute atomic E-state index is 13.4. The van der Waals surface area contributed by atoms with Crippen LogP contribution in [-0.2, 0) is 16.1 Å². The lowest BCUT2D eigenvalue weighted by molar-refractivity contribution is -0.173. The third-order valence-electron chi connectivity index (χ3n) is 11.0. The zero-order chi connectivity index (χ0) is 24.1. The van der Waals surface area contributed by atoms with Gasteiger partial charge in [0.15, 0.2) is 11.6 Å². The lowest BCUT2D eigenvalue weighted by Crippen LogP contribution is -2.57. The fourth-order valence-electron chi connectivity index (χ4n) is 9.43. The van der Waals surface area contributed by atoms with Crippen molar-refractivity contribution in [3.8, 4) is 0 Å². The molecule has 1 aromatic rings. The molecule has 0 unspecified atom stereocenters. The predicted octanol–water partition coefficient (Wildman–Crippen LogP) is 4.37. The Labute approximate surface area is 204 Å². The van der Waals surface area contributed by atoms with Crippen LogP contribution in [0.25, 0.3) is 0 Å². The van der Waals surface area contributed by atoms with Crippen molar-refractivity contribution < 1.29 is 14.6 Å². The van der Waals surface area contributed by atoms with E-state index in [0.717, 1.165) is 43.9 Å². The number of hydrogen-bond acceptors (Lipinski definition) is 6. The Kier molecular flexibility index (Phi) is 6.41. The average molecular weight is 473 g/mol. The Balaban J connectivity index is 1.33. The van der Waals surface area contributed by atoms with Crippen molar-refractivity contribution in [1.82, 2.24) is 20.2 Å². The maximum atomic E-state index is 13.4. The molecule has 0 bridgehead atoms. The number of ether oxygens (including phenoxy) is 1. The van der Waals surface area contributed by atoms with E-state index in [2.05, 4.69) is 29.3 Å². The standard InChI is InChI=1S/C27H44N4O3/c1-5-27-14-13-26(33,17-34-6-2)15-19(27)7-8-20-21-9-10-23(25(21,4)12-11-22(20)27)24(32)16-31-29-18(3)28-30-31/h19-23,33H,5-17H2,1-4H3/t19-,20+,21+,22+,23-,25+,26-,27+/m1/s1. The van der Waals surface area contributed by atoms with Gasteiger partial charge in [-0.3, -0.25) is 4.79 Å². The highest BCUT2D eigenvalue weighted by Gasteiger charge is 2.62. The van der Waals surface area contributed by atoms with Crippen LogP contribution in [0.15, 0.2) is 0 Å². The summed E-state index contributed by atoms with van der Waals surface area (Å²) in [5, 5.41) is 23.5. The average Bonchev–Trinajstić information content (AvgIpc) is 3.39. The Bertz CT molecular complexity index is 904. The van der Waals surface area contributed by atoms with Crippen LogP contribution in [0.1, 0.15) is 90.8 Å². The molecule has 190 valence electrons. The summed E-state index contributed by atoms with van der Waals surface area (Å²) in [5.74, 6) is 3.71. The van der Waals surface area contributed by atoms with Gasteiger partial charge in [0.2, 0.25) is 0 Å². The van der Waals surface area contributed by atoms with E-state index in [1.807, 2.05) is 13.8 Å². The smallest absolute Gasteiger partial charge is 0.171 e. The largest absolute Gasteiger partial charge is 0.387 e. The van der Waals surface area contributed by atoms with E-state index >= 15 is 0 Å². The minimum atomic E-state index is -0.645. The SMILES string of the molecule is CCOC[C@@]1(O)CC[C@@]2(CC)[C@H](CC[C@H]3[C@@H]4CC[C@H](C(=O)Cn5nnc(C)n5)[C@@]4(C)CC[C@@H]32)C1. The van der Waals surface area contributed by atoms with Gasteiger partial charge in [-0.25, -0.2) is 0 Å². The zero-order valence-corrected chi connectivity index (χ0v) is 21.6. The van der Waals surface area contributed by atoms with E-state index in [9.17, 15) is 9.90 Å². The van der Waals surface area contributed by atoms with E-state index in [1.165, 1.54) is 36.9 Å². The summed E-state index contributed by atoms with van der Waals surface area (Å²) < 4.78 is 5.68. The molecule has 5 rings (SSSR count). The van der Waals surface area contributed by atoms with E-state index in [-0.39, 0.29) is 17.9 Å². The number of aromatic nitrogens is 4. The predicted molar refractivity (Wildman–Crippen MR) is 129 cm³/mol. The quantitative estimate of drug-likeness (QED) is 0.634. The van der Waals surface area contributed by atoms with Gasteiger partial charge in [0.05, 0.1) is 12.2 Å². The summed E-state index contributed by atoms with van der Waals surface area (Å²) in [5.41, 5.74) is -0.193. The molecular weight excluding hydrogens is 428 g/mol. The monoisotopic (exact) mass is 472 g/mol. The molecule has 1 heterocycles. The fourth-order valence-corrected chi connectivity index (χ4v) is 9.43. The van der Waals surface area contributed by atoms with Gasteiger partial charge in [-0.1, -0.05) is 13.8 Å². The highest BCUT2D eigenvalue weighted by Crippen LogP contribution is 2.69. The highest BCUT2D eigenvalue weighted by molar-refractivity contribution is 5.81. The minimum Gasteiger partial charge on any atom is -0.387 e. The Hall–Kier alpha value is -1.34. The van der Waals surface area contributed by atoms with Crippen molar-refractivity contribution in [2.75, 3.05) is 13.2 Å². The molecule has 0 aromatic carbocycles. The van der Waals surface area contributed by atoms with Crippen LogP contribution in [0.4, 0.5) is 0 Å². The molecule has 34 heavy (non-hydrogen) atoms. The van der Waals surface area contributed by atoms with Gasteiger partial charge in [0, 0.05) is 12.5 Å². The number of Topliss-reactive ketones (excluding diaryl/α,β-unsaturated/α-hetero) is 1. The second-order valence-electron chi connectivity index (χ2n) is 12.3. The van der Waals surface area contributed by atoms with Crippen LogP contribution < -0.4 is 0 Å². The number of hydrogen-bond donors (Lipinski definition) is 1. The van der Waals surface area contributed by atoms with E-state index < -0.39 is 5.60 Å². The van der Waals surface area contributed by atoms with E-state index in [0.29, 0.717) is 42.1 Å². The van der Waals surface area contributed by atoms with Crippen molar-refractivity contribution in [2.24, 2.45) is 40.4 Å². The molecule has 8 atom stereocenters. The molecule has 4 saturated carbocycles. The maximum Gasteiger partial charge on any atom is 0.171 e. The van der Waals surface area contributed by atoms with Crippen LogP contribution in [-0.4, -0.2) is 49.9 Å². The van der Waals surface area contributed by atoms with Gasteiger partial charge in [-0.05, 0) is 118 Å². The second kappa shape index (κ2) is 8.95. The van der Waals surface area contributed by atoms with Gasteiger partial charge in [0.1, 0.15) is 6.54 Å². The normalized spacial score (nSPS) is 43.7. The molecule has 0 radical (unpaired) electrons.